The van der Waals surface area contributed by atoms with E-state index in [9.17, 15) is 21.6 Å². The van der Waals surface area contributed by atoms with Gasteiger partial charge in [0, 0.05) is 11.8 Å². The summed E-state index contributed by atoms with van der Waals surface area (Å²) >= 11 is 0.978. The Morgan fingerprint density at radius 1 is 1.14 bits per heavy atom. The van der Waals surface area contributed by atoms with E-state index in [1.807, 2.05) is 4.72 Å². The second-order valence-corrected chi connectivity index (χ2v) is 9.46. The van der Waals surface area contributed by atoms with E-state index in [1.54, 1.807) is 18.4 Å². The van der Waals surface area contributed by atoms with Crippen molar-refractivity contribution in [2.45, 2.75) is 16.0 Å². The van der Waals surface area contributed by atoms with Crippen LogP contribution in [-0.2, 0) is 19.9 Å². The van der Waals surface area contributed by atoms with Gasteiger partial charge in [0.2, 0.25) is 0 Å². The summed E-state index contributed by atoms with van der Waals surface area (Å²) in [6, 6.07) is 6.94. The molecule has 2 rings (SSSR count). The maximum absolute atomic E-state index is 12.1. The highest BCUT2D eigenvalue weighted by Gasteiger charge is 2.21. The van der Waals surface area contributed by atoms with Crippen molar-refractivity contribution in [2.75, 3.05) is 6.26 Å². The molecule has 1 aromatic carbocycles. The van der Waals surface area contributed by atoms with Crippen LogP contribution in [-0.4, -0.2) is 29.0 Å². The first-order chi connectivity index (χ1) is 10.1. The van der Waals surface area contributed by atoms with Crippen LogP contribution in [0.5, 0.6) is 0 Å². The molecule has 0 bridgehead atoms. The molecule has 0 aliphatic heterocycles. The highest BCUT2D eigenvalue weighted by Crippen LogP contribution is 2.19. The SMILES string of the molecule is Cc1ccc(C(=O)NS(=O)(=O)c2cccs2)cc1S(C)(=O)=O. The van der Waals surface area contributed by atoms with Crippen molar-refractivity contribution < 1.29 is 21.6 Å². The van der Waals surface area contributed by atoms with Gasteiger partial charge in [-0.15, -0.1) is 11.3 Å². The normalized spacial score (nSPS) is 12.1. The van der Waals surface area contributed by atoms with E-state index in [1.165, 1.54) is 24.3 Å². The first-order valence-corrected chi connectivity index (χ1v) is 10.3. The topological polar surface area (TPSA) is 97.4 Å². The van der Waals surface area contributed by atoms with Crippen molar-refractivity contribution in [2.24, 2.45) is 0 Å². The highest BCUT2D eigenvalue weighted by atomic mass is 32.2. The number of sulfonamides is 1. The highest BCUT2D eigenvalue weighted by molar-refractivity contribution is 7.92. The van der Waals surface area contributed by atoms with Gasteiger partial charge in [-0.2, -0.15) is 0 Å². The van der Waals surface area contributed by atoms with Gasteiger partial charge in [0.1, 0.15) is 4.21 Å². The molecule has 118 valence electrons. The first-order valence-electron chi connectivity index (χ1n) is 6.02. The number of hydrogen-bond acceptors (Lipinski definition) is 6. The van der Waals surface area contributed by atoms with Crippen LogP contribution in [0.25, 0.3) is 0 Å². The third-order valence-corrected chi connectivity index (χ3v) is 6.80. The minimum absolute atomic E-state index is 0.00586. The fourth-order valence-corrected chi connectivity index (χ4v) is 4.75. The maximum atomic E-state index is 12.1. The summed E-state index contributed by atoms with van der Waals surface area (Å²) in [4.78, 5) is 12.1. The van der Waals surface area contributed by atoms with Crippen LogP contribution in [0, 0.1) is 6.92 Å². The standard InChI is InChI=1S/C13H13NO5S3/c1-9-5-6-10(8-11(9)21(2,16)17)13(15)14-22(18,19)12-4-3-7-20-12/h3-8H,1-2H3,(H,14,15). The zero-order chi connectivity index (χ0) is 16.5. The molecule has 1 heterocycles. The Morgan fingerprint density at radius 3 is 2.36 bits per heavy atom. The minimum Gasteiger partial charge on any atom is -0.268 e. The summed E-state index contributed by atoms with van der Waals surface area (Å²) in [7, 11) is -7.46. The number of carbonyl (C=O) groups excluding carboxylic acids is 1. The Bertz CT molecular complexity index is 913. The van der Waals surface area contributed by atoms with E-state index in [2.05, 4.69) is 0 Å². The molecular formula is C13H13NO5S3. The third kappa shape index (κ3) is 3.54. The average molecular weight is 359 g/mol. The number of nitrogens with one attached hydrogen (secondary N) is 1. The summed E-state index contributed by atoms with van der Waals surface area (Å²) in [5, 5.41) is 1.58. The molecule has 0 radical (unpaired) electrons. The molecule has 1 amide bonds. The molecule has 0 unspecified atom stereocenters. The number of sulfone groups is 1. The van der Waals surface area contributed by atoms with E-state index in [0.717, 1.165) is 17.6 Å². The molecule has 0 aliphatic carbocycles. The molecule has 0 atom stereocenters. The zero-order valence-electron chi connectivity index (χ0n) is 11.7. The summed E-state index contributed by atoms with van der Waals surface area (Å²) in [6.45, 7) is 1.60. The van der Waals surface area contributed by atoms with Gasteiger partial charge in [0.05, 0.1) is 4.90 Å². The summed E-state index contributed by atoms with van der Waals surface area (Å²) in [5.41, 5.74) is 0.450. The smallest absolute Gasteiger partial charge is 0.268 e. The number of amides is 1. The molecule has 9 heteroatoms. The number of thiophene rings is 1. The predicted octanol–water partition coefficient (Wildman–Crippen LogP) is 1.58. The molecule has 0 saturated carbocycles. The van der Waals surface area contributed by atoms with Gasteiger partial charge in [0.15, 0.2) is 9.84 Å². The van der Waals surface area contributed by atoms with Crippen LogP contribution in [0.15, 0.2) is 44.8 Å². The molecule has 1 N–H and O–H groups in total. The van der Waals surface area contributed by atoms with Crippen molar-refractivity contribution in [3.63, 3.8) is 0 Å². The van der Waals surface area contributed by atoms with Crippen LogP contribution in [0.4, 0.5) is 0 Å². The van der Waals surface area contributed by atoms with Crippen LogP contribution in [0.3, 0.4) is 0 Å². The van der Waals surface area contributed by atoms with Gasteiger partial charge in [-0.3, -0.25) is 4.79 Å². The average Bonchev–Trinajstić information content (AvgIpc) is 2.91. The quantitative estimate of drug-likeness (QED) is 0.894. The second-order valence-electron chi connectivity index (χ2n) is 4.62. The van der Waals surface area contributed by atoms with Crippen molar-refractivity contribution >= 4 is 37.1 Å². The molecule has 22 heavy (non-hydrogen) atoms. The van der Waals surface area contributed by atoms with E-state index >= 15 is 0 Å². The van der Waals surface area contributed by atoms with E-state index in [0.29, 0.717) is 5.56 Å². The molecule has 2 aromatic rings. The zero-order valence-corrected chi connectivity index (χ0v) is 14.2. The van der Waals surface area contributed by atoms with Crippen molar-refractivity contribution in [1.29, 1.82) is 0 Å². The molecule has 6 nitrogen and oxygen atoms in total. The Labute approximate surface area is 132 Å². The van der Waals surface area contributed by atoms with Crippen LogP contribution >= 0.6 is 11.3 Å². The fraction of sp³-hybridized carbons (Fsp3) is 0.154. The minimum atomic E-state index is -3.95. The molecule has 0 fully saturated rings. The Hall–Kier alpha value is -1.71. The summed E-state index contributed by atoms with van der Waals surface area (Å²) < 4.78 is 49.2. The number of rotatable bonds is 4. The summed E-state index contributed by atoms with van der Waals surface area (Å²) in [5.74, 6) is -0.877. The number of carbonyl (C=O) groups is 1. The van der Waals surface area contributed by atoms with Gasteiger partial charge in [0.25, 0.3) is 15.9 Å². The van der Waals surface area contributed by atoms with E-state index in [4.69, 9.17) is 0 Å². The Morgan fingerprint density at radius 2 is 1.82 bits per heavy atom. The Balaban J connectivity index is 2.36. The van der Waals surface area contributed by atoms with Crippen molar-refractivity contribution in [3.8, 4) is 0 Å². The largest absolute Gasteiger partial charge is 0.273 e. The molecule has 0 aliphatic rings. The number of benzene rings is 1. The van der Waals surface area contributed by atoms with Gasteiger partial charge in [-0.05, 0) is 36.1 Å². The van der Waals surface area contributed by atoms with Crippen molar-refractivity contribution in [1.82, 2.24) is 4.72 Å². The van der Waals surface area contributed by atoms with Gasteiger partial charge >= 0.3 is 0 Å². The summed E-state index contributed by atoms with van der Waals surface area (Å²) in [6.07, 6.45) is 1.03. The monoisotopic (exact) mass is 359 g/mol. The lowest BCUT2D eigenvalue weighted by Crippen LogP contribution is -2.30. The maximum Gasteiger partial charge on any atom is 0.273 e. The predicted molar refractivity (Wildman–Crippen MR) is 83.3 cm³/mol. The van der Waals surface area contributed by atoms with Crippen LogP contribution < -0.4 is 4.72 Å². The van der Waals surface area contributed by atoms with E-state index in [-0.39, 0.29) is 14.7 Å². The molecule has 0 saturated heterocycles. The Kier molecular flexibility index (Phi) is 4.41. The van der Waals surface area contributed by atoms with Gasteiger partial charge < -0.3 is 0 Å². The van der Waals surface area contributed by atoms with Crippen LogP contribution in [0.2, 0.25) is 0 Å². The second kappa shape index (κ2) is 5.82. The van der Waals surface area contributed by atoms with Crippen LogP contribution in [0.1, 0.15) is 15.9 Å². The van der Waals surface area contributed by atoms with Gasteiger partial charge in [-0.1, -0.05) is 12.1 Å². The lowest BCUT2D eigenvalue weighted by atomic mass is 10.1. The number of hydrogen-bond donors (Lipinski definition) is 1. The third-order valence-electron chi connectivity index (χ3n) is 2.84. The molecule has 0 spiro atoms. The van der Waals surface area contributed by atoms with Gasteiger partial charge in [-0.25, -0.2) is 21.6 Å². The fourth-order valence-electron chi connectivity index (χ4n) is 1.79. The lowest BCUT2D eigenvalue weighted by molar-refractivity contribution is 0.0981. The lowest BCUT2D eigenvalue weighted by Gasteiger charge is -2.08. The number of aryl methyl sites for hydroxylation is 1. The van der Waals surface area contributed by atoms with E-state index < -0.39 is 25.8 Å². The van der Waals surface area contributed by atoms with Crippen molar-refractivity contribution in [3.05, 3.63) is 46.8 Å². The first kappa shape index (κ1) is 16.7. The molecule has 1 aromatic heterocycles. The molecular weight excluding hydrogens is 346 g/mol.